The number of carbonyl (C=O) groups excluding carboxylic acids is 1. The average Bonchev–Trinajstić information content (AvgIpc) is 3.06. The first-order chi connectivity index (χ1) is 14.0. The number of amides is 1. The molecule has 0 radical (unpaired) electrons. The van der Waals surface area contributed by atoms with E-state index in [0.717, 1.165) is 23.7 Å². The Bertz CT molecular complexity index is 1000. The maximum atomic E-state index is 12.7. The molecule has 1 aliphatic heterocycles. The molecule has 4 heteroatoms. The predicted octanol–water partition coefficient (Wildman–Crippen LogP) is 3.85. The van der Waals surface area contributed by atoms with E-state index >= 15 is 0 Å². The Balaban J connectivity index is 1.39. The number of para-hydroxylation sites is 1. The number of pyridine rings is 1. The van der Waals surface area contributed by atoms with Crippen molar-refractivity contribution in [3.05, 3.63) is 77.0 Å². The van der Waals surface area contributed by atoms with Gasteiger partial charge in [0.1, 0.15) is 0 Å². The number of rotatable bonds is 5. The van der Waals surface area contributed by atoms with Crippen LogP contribution >= 0.6 is 0 Å². The fourth-order valence-electron chi connectivity index (χ4n) is 4.50. The molecule has 4 rings (SSSR count). The van der Waals surface area contributed by atoms with Gasteiger partial charge in [-0.05, 0) is 49.9 Å². The molecule has 0 bridgehead atoms. The number of benzene rings is 2. The number of aromatic nitrogens is 1. The average molecular weight is 389 g/mol. The molecule has 1 amide bonds. The summed E-state index contributed by atoms with van der Waals surface area (Å²) in [5.41, 5.74) is 5.82. The van der Waals surface area contributed by atoms with Crippen LogP contribution in [0.1, 0.15) is 28.7 Å². The minimum atomic E-state index is -0.480. The van der Waals surface area contributed by atoms with Gasteiger partial charge in [0.15, 0.2) is 0 Å². The Labute approximate surface area is 172 Å². The lowest BCUT2D eigenvalue weighted by Crippen LogP contribution is -2.29. The number of aliphatic hydroxyl groups excluding tert-OH is 1. The number of β-amino-alcohol motifs (C(OH)–C–C–N with tert-alkyl or cyclic N) is 1. The third kappa shape index (κ3) is 4.48. The Kier molecular flexibility index (Phi) is 5.63. The molecule has 1 aromatic heterocycles. The molecule has 1 aliphatic rings. The first-order valence-corrected chi connectivity index (χ1v) is 10.4. The van der Waals surface area contributed by atoms with Crippen molar-refractivity contribution in [1.82, 2.24) is 9.88 Å². The number of carbonyl (C=O) groups is 1. The maximum absolute atomic E-state index is 12.7. The summed E-state index contributed by atoms with van der Waals surface area (Å²) >= 11 is 0. The number of likely N-dealkylation sites (tertiary alicyclic amines) is 1. The van der Waals surface area contributed by atoms with Gasteiger partial charge in [-0.15, -0.1) is 0 Å². The van der Waals surface area contributed by atoms with Gasteiger partial charge in [-0.1, -0.05) is 47.5 Å². The zero-order valence-electron chi connectivity index (χ0n) is 17.1. The van der Waals surface area contributed by atoms with Crippen LogP contribution in [0.2, 0.25) is 0 Å². The molecular weight excluding hydrogens is 360 g/mol. The van der Waals surface area contributed by atoms with Crippen molar-refractivity contribution in [3.8, 4) is 0 Å². The quantitative estimate of drug-likeness (QED) is 0.722. The topological polar surface area (TPSA) is 53.4 Å². The van der Waals surface area contributed by atoms with Crippen LogP contribution in [-0.4, -0.2) is 40.1 Å². The van der Waals surface area contributed by atoms with Crippen molar-refractivity contribution in [2.45, 2.75) is 39.2 Å². The van der Waals surface area contributed by atoms with E-state index in [-0.39, 0.29) is 11.8 Å². The van der Waals surface area contributed by atoms with Crippen molar-refractivity contribution in [1.29, 1.82) is 0 Å². The van der Waals surface area contributed by atoms with Gasteiger partial charge >= 0.3 is 0 Å². The molecule has 2 heterocycles. The lowest BCUT2D eigenvalue weighted by atomic mass is 9.94. The minimum absolute atomic E-state index is 0.0611. The van der Waals surface area contributed by atoms with Crippen molar-refractivity contribution < 1.29 is 9.90 Å². The van der Waals surface area contributed by atoms with E-state index in [9.17, 15) is 9.90 Å². The number of hydrogen-bond donors (Lipinski definition) is 1. The zero-order valence-corrected chi connectivity index (χ0v) is 17.1. The first kappa shape index (κ1) is 19.6. The third-order valence-electron chi connectivity index (χ3n) is 5.89. The summed E-state index contributed by atoms with van der Waals surface area (Å²) in [4.78, 5) is 19.0. The van der Waals surface area contributed by atoms with E-state index in [1.165, 1.54) is 22.3 Å². The van der Waals surface area contributed by atoms with Crippen molar-refractivity contribution in [2.75, 3.05) is 13.1 Å². The molecule has 1 fully saturated rings. The van der Waals surface area contributed by atoms with Gasteiger partial charge in [0.25, 0.3) is 0 Å². The van der Waals surface area contributed by atoms with E-state index in [4.69, 9.17) is 0 Å². The smallest absolute Gasteiger partial charge is 0.223 e. The SMILES string of the molecule is Cc1cc(C)cc(CCC(=O)N2C[C@@H](Cc3ccnc4ccccc34)[C@H](O)C2)c1. The molecule has 29 heavy (non-hydrogen) atoms. The second-order valence-electron chi connectivity index (χ2n) is 8.31. The molecule has 2 atom stereocenters. The van der Waals surface area contributed by atoms with Crippen LogP contribution in [-0.2, 0) is 17.6 Å². The number of fused-ring (bicyclic) bond motifs is 1. The number of hydrogen-bond acceptors (Lipinski definition) is 3. The van der Waals surface area contributed by atoms with E-state index in [1.807, 2.05) is 35.4 Å². The molecule has 0 saturated carbocycles. The molecule has 4 nitrogen and oxygen atoms in total. The molecule has 3 aromatic rings. The monoisotopic (exact) mass is 388 g/mol. The summed E-state index contributed by atoms with van der Waals surface area (Å²) in [5.74, 6) is 0.191. The number of aryl methyl sites for hydroxylation is 3. The summed E-state index contributed by atoms with van der Waals surface area (Å²) in [6.45, 7) is 5.22. The molecule has 0 unspecified atom stereocenters. The van der Waals surface area contributed by atoms with Crippen LogP contribution in [0.3, 0.4) is 0 Å². The Morgan fingerprint density at radius 1 is 1.10 bits per heavy atom. The van der Waals surface area contributed by atoms with Crippen LogP contribution < -0.4 is 0 Å². The van der Waals surface area contributed by atoms with E-state index < -0.39 is 6.10 Å². The van der Waals surface area contributed by atoms with E-state index in [2.05, 4.69) is 43.1 Å². The third-order valence-corrected chi connectivity index (χ3v) is 5.89. The predicted molar refractivity (Wildman–Crippen MR) is 116 cm³/mol. The highest BCUT2D eigenvalue weighted by atomic mass is 16.3. The lowest BCUT2D eigenvalue weighted by molar-refractivity contribution is -0.130. The Morgan fingerprint density at radius 3 is 2.66 bits per heavy atom. The van der Waals surface area contributed by atoms with Crippen LogP contribution in [0.4, 0.5) is 0 Å². The van der Waals surface area contributed by atoms with Gasteiger partial charge in [-0.3, -0.25) is 9.78 Å². The Hall–Kier alpha value is -2.72. The lowest BCUT2D eigenvalue weighted by Gasteiger charge is -2.17. The summed E-state index contributed by atoms with van der Waals surface area (Å²) in [5, 5.41) is 11.7. The van der Waals surface area contributed by atoms with Gasteiger partial charge in [-0.2, -0.15) is 0 Å². The van der Waals surface area contributed by atoms with Crippen LogP contribution in [0, 0.1) is 19.8 Å². The molecular formula is C25H28N2O2. The summed E-state index contributed by atoms with van der Waals surface area (Å²) < 4.78 is 0. The van der Waals surface area contributed by atoms with Gasteiger partial charge in [0.2, 0.25) is 5.91 Å². The molecule has 150 valence electrons. The standard InChI is InChI=1S/C25H28N2O2/c1-17-11-18(2)13-19(12-17)7-8-25(29)27-15-21(24(28)16-27)14-20-9-10-26-23-6-4-3-5-22(20)23/h3-6,9-13,21,24,28H,7-8,14-16H2,1-2H3/t21-,24-/m1/s1. The highest BCUT2D eigenvalue weighted by Gasteiger charge is 2.33. The summed E-state index contributed by atoms with van der Waals surface area (Å²) in [6.07, 6.45) is 3.33. The van der Waals surface area contributed by atoms with Crippen molar-refractivity contribution >= 4 is 16.8 Å². The van der Waals surface area contributed by atoms with Gasteiger partial charge in [-0.25, -0.2) is 0 Å². The van der Waals surface area contributed by atoms with Crippen LogP contribution in [0.5, 0.6) is 0 Å². The largest absolute Gasteiger partial charge is 0.391 e. The highest BCUT2D eigenvalue weighted by molar-refractivity contribution is 5.82. The molecule has 1 saturated heterocycles. The molecule has 0 aliphatic carbocycles. The second-order valence-corrected chi connectivity index (χ2v) is 8.31. The van der Waals surface area contributed by atoms with Crippen molar-refractivity contribution in [2.24, 2.45) is 5.92 Å². The molecule has 2 aromatic carbocycles. The zero-order chi connectivity index (χ0) is 20.4. The van der Waals surface area contributed by atoms with E-state index in [0.29, 0.717) is 19.5 Å². The van der Waals surface area contributed by atoms with Gasteiger partial charge in [0.05, 0.1) is 11.6 Å². The Morgan fingerprint density at radius 2 is 1.86 bits per heavy atom. The van der Waals surface area contributed by atoms with Crippen molar-refractivity contribution in [3.63, 3.8) is 0 Å². The fraction of sp³-hybridized carbons (Fsp3) is 0.360. The highest BCUT2D eigenvalue weighted by Crippen LogP contribution is 2.26. The van der Waals surface area contributed by atoms with Crippen LogP contribution in [0.15, 0.2) is 54.7 Å². The molecule has 1 N–H and O–H groups in total. The second kappa shape index (κ2) is 8.34. The first-order valence-electron chi connectivity index (χ1n) is 10.4. The normalized spacial score (nSPS) is 19.1. The van der Waals surface area contributed by atoms with Gasteiger partial charge < -0.3 is 10.0 Å². The minimum Gasteiger partial charge on any atom is -0.391 e. The van der Waals surface area contributed by atoms with Crippen LogP contribution in [0.25, 0.3) is 10.9 Å². The van der Waals surface area contributed by atoms with Gasteiger partial charge in [0, 0.05) is 37.0 Å². The van der Waals surface area contributed by atoms with E-state index in [1.54, 1.807) is 0 Å². The number of nitrogens with zero attached hydrogens (tertiary/aromatic N) is 2. The number of aliphatic hydroxyl groups is 1. The molecule has 0 spiro atoms. The summed E-state index contributed by atoms with van der Waals surface area (Å²) in [7, 11) is 0. The fourth-order valence-corrected chi connectivity index (χ4v) is 4.50. The maximum Gasteiger partial charge on any atom is 0.223 e. The summed E-state index contributed by atoms with van der Waals surface area (Å²) in [6, 6.07) is 16.6.